The Kier molecular flexibility index (Phi) is 5.04. The zero-order valence-corrected chi connectivity index (χ0v) is 16.7. The summed E-state index contributed by atoms with van der Waals surface area (Å²) >= 11 is 5.96. The van der Waals surface area contributed by atoms with Gasteiger partial charge in [0.15, 0.2) is 0 Å². The Bertz CT molecular complexity index is 1390. The van der Waals surface area contributed by atoms with Gasteiger partial charge in [0.25, 0.3) is 11.5 Å². The van der Waals surface area contributed by atoms with Crippen LogP contribution in [-0.2, 0) is 4.79 Å². The van der Waals surface area contributed by atoms with Crippen LogP contribution in [0.25, 0.3) is 11.8 Å². The summed E-state index contributed by atoms with van der Waals surface area (Å²) in [5, 5.41) is 16.2. The first kappa shape index (κ1) is 20.3. The monoisotopic (exact) mass is 440 g/mol. The topological polar surface area (TPSA) is 108 Å². The maximum Gasteiger partial charge on any atom is 0.335 e. The predicted octanol–water partition coefficient (Wildman–Crippen LogP) is 2.83. The lowest BCUT2D eigenvalue weighted by Gasteiger charge is -2.12. The second-order valence-corrected chi connectivity index (χ2v) is 7.09. The number of rotatable bonds is 3. The molecule has 3 aromatic rings. The van der Waals surface area contributed by atoms with Gasteiger partial charge in [-0.1, -0.05) is 17.7 Å². The van der Waals surface area contributed by atoms with Gasteiger partial charge in [-0.15, -0.1) is 0 Å². The van der Waals surface area contributed by atoms with E-state index < -0.39 is 28.9 Å². The summed E-state index contributed by atoms with van der Waals surface area (Å²) in [6.45, 7) is 1.55. The molecule has 1 aliphatic rings. The third-order valence-electron chi connectivity index (χ3n) is 4.61. The van der Waals surface area contributed by atoms with E-state index in [2.05, 4.69) is 10.1 Å². The molecule has 2 N–H and O–H groups in total. The Balaban J connectivity index is 1.82. The standard InChI is InChI=1S/C21H14ClFN4O4/c1-11-16(20(30)27(25-11)14-7-5-13(23)6-8-14)10-17-18(28)24-21(31)26(19(17)29)15-4-2-3-12(22)9-15/h2-10,29H,1H3,(H,24,28,31)/b16-10-. The summed E-state index contributed by atoms with van der Waals surface area (Å²) in [5.41, 5.74) is -1.20. The number of nitrogens with zero attached hydrogens (tertiary/aromatic N) is 3. The fraction of sp³-hybridized carbons (Fsp3) is 0.0476. The van der Waals surface area contributed by atoms with E-state index in [0.29, 0.717) is 10.7 Å². The third kappa shape index (κ3) is 3.66. The van der Waals surface area contributed by atoms with Crippen LogP contribution in [0.1, 0.15) is 12.5 Å². The molecule has 0 radical (unpaired) electrons. The van der Waals surface area contributed by atoms with Crippen molar-refractivity contribution in [3.05, 3.63) is 91.3 Å². The van der Waals surface area contributed by atoms with Gasteiger partial charge >= 0.3 is 5.69 Å². The third-order valence-corrected chi connectivity index (χ3v) is 4.84. The second kappa shape index (κ2) is 7.69. The summed E-state index contributed by atoms with van der Waals surface area (Å²) in [4.78, 5) is 39.7. The minimum absolute atomic E-state index is 0.0291. The molecule has 31 heavy (non-hydrogen) atoms. The van der Waals surface area contributed by atoms with Crippen LogP contribution < -0.4 is 16.3 Å². The number of hydrogen-bond donors (Lipinski definition) is 2. The molecule has 0 bridgehead atoms. The molecule has 0 aliphatic carbocycles. The maximum atomic E-state index is 13.2. The van der Waals surface area contributed by atoms with Crippen LogP contribution in [0.15, 0.2) is 68.8 Å². The molecule has 8 nitrogen and oxygen atoms in total. The number of aromatic amines is 1. The highest BCUT2D eigenvalue weighted by atomic mass is 35.5. The highest BCUT2D eigenvalue weighted by Crippen LogP contribution is 2.27. The van der Waals surface area contributed by atoms with E-state index in [9.17, 15) is 23.9 Å². The molecule has 1 aromatic heterocycles. The van der Waals surface area contributed by atoms with Gasteiger partial charge in [0.05, 0.1) is 22.7 Å². The first-order valence-corrected chi connectivity index (χ1v) is 9.35. The SMILES string of the molecule is CC1=NN(c2ccc(F)cc2)C(=O)/C1=C\c1c(O)n(-c2cccc(Cl)c2)c(=O)[nH]c1=O. The van der Waals surface area contributed by atoms with Crippen LogP contribution in [0.5, 0.6) is 5.88 Å². The highest BCUT2D eigenvalue weighted by Gasteiger charge is 2.30. The zero-order chi connectivity index (χ0) is 22.3. The van der Waals surface area contributed by atoms with Gasteiger partial charge < -0.3 is 5.11 Å². The van der Waals surface area contributed by atoms with E-state index in [1.807, 2.05) is 0 Å². The first-order valence-electron chi connectivity index (χ1n) is 8.98. The van der Waals surface area contributed by atoms with Crippen LogP contribution in [0.3, 0.4) is 0 Å². The molecular weight excluding hydrogens is 427 g/mol. The van der Waals surface area contributed by atoms with Crippen LogP contribution in [0.2, 0.25) is 5.02 Å². The average Bonchev–Trinajstić information content (AvgIpc) is 2.99. The van der Waals surface area contributed by atoms with Crippen LogP contribution in [0.4, 0.5) is 10.1 Å². The van der Waals surface area contributed by atoms with Crippen LogP contribution in [-0.4, -0.2) is 26.3 Å². The van der Waals surface area contributed by atoms with E-state index >= 15 is 0 Å². The number of aromatic nitrogens is 2. The van der Waals surface area contributed by atoms with E-state index in [1.165, 1.54) is 36.4 Å². The lowest BCUT2D eigenvalue weighted by molar-refractivity contribution is -0.114. The Labute approximate surface area is 179 Å². The summed E-state index contributed by atoms with van der Waals surface area (Å²) < 4.78 is 14.0. The van der Waals surface area contributed by atoms with E-state index in [0.717, 1.165) is 15.7 Å². The number of benzene rings is 2. The summed E-state index contributed by atoms with van der Waals surface area (Å²) in [5.74, 6) is -1.71. The number of amides is 1. The van der Waals surface area contributed by atoms with Crippen molar-refractivity contribution in [1.29, 1.82) is 0 Å². The highest BCUT2D eigenvalue weighted by molar-refractivity contribution is 6.32. The minimum atomic E-state index is -0.880. The number of carbonyl (C=O) groups is 1. The average molecular weight is 441 g/mol. The number of aromatic hydroxyl groups is 1. The number of nitrogens with one attached hydrogen (secondary N) is 1. The molecule has 2 aromatic carbocycles. The largest absolute Gasteiger partial charge is 0.494 e. The normalized spacial score (nSPS) is 14.9. The van der Waals surface area contributed by atoms with Crippen molar-refractivity contribution < 1.29 is 14.3 Å². The number of hydrazone groups is 1. The van der Waals surface area contributed by atoms with Crippen LogP contribution in [0, 0.1) is 5.82 Å². The molecule has 0 saturated heterocycles. The van der Waals surface area contributed by atoms with Crippen LogP contribution >= 0.6 is 11.6 Å². The Hall–Kier alpha value is -3.98. The van der Waals surface area contributed by atoms with E-state index in [-0.39, 0.29) is 22.5 Å². The fourth-order valence-corrected chi connectivity index (χ4v) is 3.29. The quantitative estimate of drug-likeness (QED) is 0.610. The molecule has 4 rings (SSSR count). The molecule has 0 atom stereocenters. The number of halogens is 2. The molecule has 0 unspecified atom stereocenters. The zero-order valence-electron chi connectivity index (χ0n) is 16.0. The van der Waals surface area contributed by atoms with Gasteiger partial charge in [-0.3, -0.25) is 14.6 Å². The van der Waals surface area contributed by atoms with Crippen molar-refractivity contribution in [3.8, 4) is 11.6 Å². The smallest absolute Gasteiger partial charge is 0.335 e. The lowest BCUT2D eigenvalue weighted by Crippen LogP contribution is -2.30. The van der Waals surface area contributed by atoms with Gasteiger partial charge in [0, 0.05) is 5.02 Å². The molecule has 2 heterocycles. The van der Waals surface area contributed by atoms with Crippen molar-refractivity contribution >= 4 is 35.0 Å². The van der Waals surface area contributed by atoms with Crippen molar-refractivity contribution in [2.45, 2.75) is 6.92 Å². The summed E-state index contributed by atoms with van der Waals surface area (Å²) in [7, 11) is 0. The summed E-state index contributed by atoms with van der Waals surface area (Å²) in [6, 6.07) is 11.3. The number of hydrogen-bond acceptors (Lipinski definition) is 5. The van der Waals surface area contributed by atoms with Crippen molar-refractivity contribution in [2.24, 2.45) is 5.10 Å². The molecule has 1 amide bonds. The minimum Gasteiger partial charge on any atom is -0.494 e. The number of carbonyl (C=O) groups excluding carboxylic acids is 1. The van der Waals surface area contributed by atoms with Gasteiger partial charge in [-0.2, -0.15) is 10.1 Å². The second-order valence-electron chi connectivity index (χ2n) is 6.65. The van der Waals surface area contributed by atoms with Crippen molar-refractivity contribution in [1.82, 2.24) is 9.55 Å². The molecule has 10 heteroatoms. The number of anilines is 1. The molecule has 1 aliphatic heterocycles. The Morgan fingerprint density at radius 1 is 1.10 bits per heavy atom. The Morgan fingerprint density at radius 3 is 2.48 bits per heavy atom. The van der Waals surface area contributed by atoms with E-state index in [4.69, 9.17) is 11.6 Å². The van der Waals surface area contributed by atoms with Crippen molar-refractivity contribution in [3.63, 3.8) is 0 Å². The molecule has 156 valence electrons. The summed E-state index contributed by atoms with van der Waals surface area (Å²) in [6.07, 6.45) is 1.15. The van der Waals surface area contributed by atoms with Gasteiger partial charge in [-0.05, 0) is 55.5 Å². The molecule has 0 fully saturated rings. The maximum absolute atomic E-state index is 13.2. The van der Waals surface area contributed by atoms with Gasteiger partial charge in [-0.25, -0.2) is 13.8 Å². The molecule has 0 saturated carbocycles. The lowest BCUT2D eigenvalue weighted by atomic mass is 10.1. The van der Waals surface area contributed by atoms with Gasteiger partial charge in [0.1, 0.15) is 11.4 Å². The molecule has 0 spiro atoms. The molecular formula is C21H14ClFN4O4. The Morgan fingerprint density at radius 2 is 1.81 bits per heavy atom. The van der Waals surface area contributed by atoms with Crippen molar-refractivity contribution in [2.75, 3.05) is 5.01 Å². The predicted molar refractivity (Wildman–Crippen MR) is 114 cm³/mol. The number of H-pyrrole nitrogens is 1. The fourth-order valence-electron chi connectivity index (χ4n) is 3.11. The van der Waals surface area contributed by atoms with Gasteiger partial charge in [0.2, 0.25) is 5.88 Å². The van der Waals surface area contributed by atoms with E-state index in [1.54, 1.807) is 19.1 Å². The first-order chi connectivity index (χ1) is 14.8.